The molecule has 1 heterocycles. The van der Waals surface area contributed by atoms with E-state index in [0.29, 0.717) is 0 Å². The third kappa shape index (κ3) is 2.56. The average Bonchev–Trinajstić information content (AvgIpc) is 2.74. The molecule has 2 aromatic rings. The van der Waals surface area contributed by atoms with Crippen molar-refractivity contribution in [2.45, 2.75) is 32.8 Å². The summed E-state index contributed by atoms with van der Waals surface area (Å²) in [4.78, 5) is 5.76. The minimum absolute atomic E-state index is 0.0145. The molecule has 1 aromatic heterocycles. The highest BCUT2D eigenvalue weighted by Gasteiger charge is 2.23. The second-order valence-electron chi connectivity index (χ2n) is 5.06. The molecule has 0 aliphatic rings. The van der Waals surface area contributed by atoms with Crippen molar-refractivity contribution in [2.75, 3.05) is 0 Å². The van der Waals surface area contributed by atoms with Gasteiger partial charge in [-0.1, -0.05) is 51.1 Å². The number of thiazole rings is 1. The predicted molar refractivity (Wildman–Crippen MR) is 72.2 cm³/mol. The molecule has 0 amide bonds. The second kappa shape index (κ2) is 4.59. The molecule has 2 nitrogen and oxygen atoms in total. The summed E-state index contributed by atoms with van der Waals surface area (Å²) in [7, 11) is 0. The molecule has 2 rings (SSSR count). The van der Waals surface area contributed by atoms with Crippen molar-refractivity contribution in [2.24, 2.45) is 0 Å². The summed E-state index contributed by atoms with van der Waals surface area (Å²) in [5.74, 6) is 0. The summed E-state index contributed by atoms with van der Waals surface area (Å²) in [6, 6.07) is 10.1. The van der Waals surface area contributed by atoms with Gasteiger partial charge >= 0.3 is 0 Å². The molecule has 1 N–H and O–H groups in total. The lowest BCUT2D eigenvalue weighted by molar-refractivity contribution is 0.281. The van der Waals surface area contributed by atoms with Crippen LogP contribution in [0.15, 0.2) is 30.3 Å². The molecule has 1 aromatic carbocycles. The number of rotatable bonds is 2. The number of benzene rings is 1. The first-order valence-electron chi connectivity index (χ1n) is 5.69. The van der Waals surface area contributed by atoms with Crippen molar-refractivity contribution < 1.29 is 5.11 Å². The van der Waals surface area contributed by atoms with Crippen molar-refractivity contribution in [3.05, 3.63) is 40.2 Å². The van der Waals surface area contributed by atoms with Crippen LogP contribution in [0, 0.1) is 0 Å². The molecule has 0 fully saturated rings. The highest BCUT2D eigenvalue weighted by molar-refractivity contribution is 7.12. The van der Waals surface area contributed by atoms with Crippen LogP contribution in [0.3, 0.4) is 0 Å². The van der Waals surface area contributed by atoms with Crippen molar-refractivity contribution in [1.82, 2.24) is 4.98 Å². The Morgan fingerprint density at radius 2 is 1.82 bits per heavy atom. The third-order valence-electron chi connectivity index (χ3n) is 2.54. The number of aromatic nitrogens is 1. The second-order valence-corrected chi connectivity index (χ2v) is 6.14. The summed E-state index contributed by atoms with van der Waals surface area (Å²) >= 11 is 1.60. The fourth-order valence-corrected chi connectivity index (χ4v) is 2.74. The first-order chi connectivity index (χ1) is 8.02. The molecular formula is C14H17NOS. The Morgan fingerprint density at radius 3 is 2.35 bits per heavy atom. The van der Waals surface area contributed by atoms with Crippen molar-refractivity contribution in [3.8, 4) is 11.3 Å². The van der Waals surface area contributed by atoms with Crippen molar-refractivity contribution >= 4 is 11.3 Å². The number of aliphatic hydroxyl groups excluding tert-OH is 1. The van der Waals surface area contributed by atoms with Gasteiger partial charge in [0.05, 0.1) is 12.3 Å². The Kier molecular flexibility index (Phi) is 3.31. The molecule has 0 aliphatic carbocycles. The minimum Gasteiger partial charge on any atom is -0.389 e. The molecule has 90 valence electrons. The molecule has 0 unspecified atom stereocenters. The molecule has 0 aliphatic heterocycles. The van der Waals surface area contributed by atoms with E-state index >= 15 is 0 Å². The topological polar surface area (TPSA) is 33.1 Å². The van der Waals surface area contributed by atoms with Gasteiger partial charge in [-0.15, -0.1) is 11.3 Å². The lowest BCUT2D eigenvalue weighted by atomic mass is 9.91. The van der Waals surface area contributed by atoms with Gasteiger partial charge in [0.1, 0.15) is 5.01 Å². The van der Waals surface area contributed by atoms with Crippen LogP contribution in [0.25, 0.3) is 11.3 Å². The van der Waals surface area contributed by atoms with Crippen LogP contribution < -0.4 is 0 Å². The largest absolute Gasteiger partial charge is 0.389 e. The molecule has 0 spiro atoms. The van der Waals surface area contributed by atoms with E-state index in [2.05, 4.69) is 37.9 Å². The van der Waals surface area contributed by atoms with Gasteiger partial charge in [0.15, 0.2) is 0 Å². The van der Waals surface area contributed by atoms with Crippen molar-refractivity contribution in [1.29, 1.82) is 0 Å². The van der Waals surface area contributed by atoms with E-state index in [9.17, 15) is 5.11 Å². The lowest BCUT2D eigenvalue weighted by Crippen LogP contribution is -2.10. The zero-order valence-corrected chi connectivity index (χ0v) is 11.2. The highest BCUT2D eigenvalue weighted by atomic mass is 32.1. The number of hydrogen-bond donors (Lipinski definition) is 1. The van der Waals surface area contributed by atoms with E-state index in [1.165, 1.54) is 4.88 Å². The maximum absolute atomic E-state index is 9.24. The van der Waals surface area contributed by atoms with Gasteiger partial charge in [-0.05, 0) is 5.41 Å². The summed E-state index contributed by atoms with van der Waals surface area (Å²) < 4.78 is 0. The summed E-state index contributed by atoms with van der Waals surface area (Å²) in [5, 5.41) is 10.0. The smallest absolute Gasteiger partial charge is 0.119 e. The third-order valence-corrected chi connectivity index (χ3v) is 4.00. The fraction of sp³-hybridized carbons (Fsp3) is 0.357. The van der Waals surface area contributed by atoms with Crippen LogP contribution in [-0.2, 0) is 12.0 Å². The standard InChI is InChI=1S/C14H17NOS/c1-14(2,3)13-12(15-11(9-16)17-13)10-7-5-4-6-8-10/h4-8,16H,9H2,1-3H3. The van der Waals surface area contributed by atoms with Crippen LogP contribution in [0.4, 0.5) is 0 Å². The van der Waals surface area contributed by atoms with Crippen LogP contribution in [0.1, 0.15) is 30.7 Å². The van der Waals surface area contributed by atoms with Crippen molar-refractivity contribution in [3.63, 3.8) is 0 Å². The average molecular weight is 247 g/mol. The Morgan fingerprint density at radius 1 is 1.18 bits per heavy atom. The molecule has 17 heavy (non-hydrogen) atoms. The Bertz CT molecular complexity index is 497. The van der Waals surface area contributed by atoms with E-state index in [-0.39, 0.29) is 12.0 Å². The normalized spacial score (nSPS) is 11.8. The van der Waals surface area contributed by atoms with E-state index in [4.69, 9.17) is 0 Å². The van der Waals surface area contributed by atoms with Gasteiger partial charge < -0.3 is 5.11 Å². The summed E-state index contributed by atoms with van der Waals surface area (Å²) in [5.41, 5.74) is 2.18. The van der Waals surface area contributed by atoms with Crippen LogP contribution in [-0.4, -0.2) is 10.1 Å². The molecule has 0 saturated heterocycles. The molecular weight excluding hydrogens is 230 g/mol. The molecule has 0 saturated carbocycles. The number of aliphatic hydroxyl groups is 1. The molecule has 3 heteroatoms. The minimum atomic E-state index is 0.0145. The lowest BCUT2D eigenvalue weighted by Gasteiger charge is -2.17. The van der Waals surface area contributed by atoms with Gasteiger partial charge in [0.25, 0.3) is 0 Å². The summed E-state index contributed by atoms with van der Waals surface area (Å²) in [6.07, 6.45) is 0. The molecule has 0 atom stereocenters. The van der Waals surface area contributed by atoms with Gasteiger partial charge in [-0.25, -0.2) is 4.98 Å². The number of nitrogens with zero attached hydrogens (tertiary/aromatic N) is 1. The maximum atomic E-state index is 9.24. The Hall–Kier alpha value is -1.19. The Balaban J connectivity index is 2.57. The predicted octanol–water partition coefficient (Wildman–Crippen LogP) is 3.60. The highest BCUT2D eigenvalue weighted by Crippen LogP contribution is 2.37. The van der Waals surface area contributed by atoms with Gasteiger partial charge in [-0.3, -0.25) is 0 Å². The zero-order chi connectivity index (χ0) is 12.5. The fourth-order valence-electron chi connectivity index (χ4n) is 1.73. The SMILES string of the molecule is CC(C)(C)c1sc(CO)nc1-c1ccccc1. The first-order valence-corrected chi connectivity index (χ1v) is 6.50. The first kappa shape index (κ1) is 12.3. The molecule has 0 bridgehead atoms. The van der Waals surface area contributed by atoms with Crippen LogP contribution in [0.2, 0.25) is 0 Å². The van der Waals surface area contributed by atoms with E-state index in [0.717, 1.165) is 16.3 Å². The maximum Gasteiger partial charge on any atom is 0.119 e. The monoisotopic (exact) mass is 247 g/mol. The number of hydrogen-bond acceptors (Lipinski definition) is 3. The van der Waals surface area contributed by atoms with E-state index < -0.39 is 0 Å². The Labute approximate surface area is 106 Å². The quantitative estimate of drug-likeness (QED) is 0.879. The van der Waals surface area contributed by atoms with Gasteiger partial charge in [-0.2, -0.15) is 0 Å². The zero-order valence-electron chi connectivity index (χ0n) is 10.4. The van der Waals surface area contributed by atoms with E-state index in [1.807, 2.05) is 18.2 Å². The summed E-state index contributed by atoms with van der Waals surface area (Å²) in [6.45, 7) is 6.54. The van der Waals surface area contributed by atoms with Gasteiger partial charge in [0.2, 0.25) is 0 Å². The van der Waals surface area contributed by atoms with Crippen LogP contribution >= 0.6 is 11.3 Å². The van der Waals surface area contributed by atoms with Crippen LogP contribution in [0.5, 0.6) is 0 Å². The van der Waals surface area contributed by atoms with E-state index in [1.54, 1.807) is 11.3 Å². The molecule has 0 radical (unpaired) electrons. The van der Waals surface area contributed by atoms with Gasteiger partial charge in [0, 0.05) is 10.4 Å².